The molecular weight excluding hydrogens is 300 g/mol. The standard InChI is InChI=1S/C19H26N4O/c1-21-18-17(11-20-21)15-7-2-3-8-16(15)19(24)23(18)14-9-10-22(12-14)13-5-4-6-13/h11,13-14H,2-10,12H2,1H3. The molecule has 0 amide bonds. The smallest absolute Gasteiger partial charge is 0.255 e. The Morgan fingerprint density at radius 2 is 1.83 bits per heavy atom. The van der Waals surface area contributed by atoms with E-state index in [1.807, 2.05) is 17.9 Å². The van der Waals surface area contributed by atoms with Crippen molar-refractivity contribution in [2.24, 2.45) is 7.05 Å². The molecule has 0 spiro atoms. The fourth-order valence-corrected chi connectivity index (χ4v) is 5.01. The van der Waals surface area contributed by atoms with Crippen LogP contribution in [-0.2, 0) is 19.9 Å². The van der Waals surface area contributed by atoms with E-state index in [1.165, 1.54) is 36.6 Å². The van der Waals surface area contributed by atoms with Gasteiger partial charge >= 0.3 is 0 Å². The van der Waals surface area contributed by atoms with Gasteiger partial charge in [0, 0.05) is 37.1 Å². The highest BCUT2D eigenvalue weighted by Crippen LogP contribution is 2.34. The van der Waals surface area contributed by atoms with Crippen LogP contribution in [0.5, 0.6) is 0 Å². The van der Waals surface area contributed by atoms with Crippen LogP contribution < -0.4 is 5.56 Å². The van der Waals surface area contributed by atoms with E-state index in [4.69, 9.17) is 0 Å². The summed E-state index contributed by atoms with van der Waals surface area (Å²) in [5, 5.41) is 5.72. The molecule has 2 aliphatic carbocycles. The van der Waals surface area contributed by atoms with Gasteiger partial charge in [0.05, 0.1) is 12.2 Å². The van der Waals surface area contributed by atoms with Crippen LogP contribution in [0.1, 0.15) is 55.7 Å². The number of nitrogens with zero attached hydrogens (tertiary/aromatic N) is 4. The number of aromatic nitrogens is 3. The first-order valence-corrected chi connectivity index (χ1v) is 9.56. The lowest BCUT2D eigenvalue weighted by molar-refractivity contribution is 0.154. The van der Waals surface area contributed by atoms with Crippen molar-refractivity contribution in [2.75, 3.05) is 13.1 Å². The van der Waals surface area contributed by atoms with E-state index in [0.717, 1.165) is 56.0 Å². The molecule has 5 nitrogen and oxygen atoms in total. The molecule has 0 N–H and O–H groups in total. The highest BCUT2D eigenvalue weighted by atomic mass is 16.1. The molecule has 1 saturated carbocycles. The highest BCUT2D eigenvalue weighted by molar-refractivity contribution is 5.80. The van der Waals surface area contributed by atoms with Crippen molar-refractivity contribution in [1.29, 1.82) is 0 Å². The zero-order valence-corrected chi connectivity index (χ0v) is 14.5. The summed E-state index contributed by atoms with van der Waals surface area (Å²) in [6.07, 6.45) is 11.4. The van der Waals surface area contributed by atoms with Crippen LogP contribution in [0.4, 0.5) is 0 Å². The van der Waals surface area contributed by atoms with Gasteiger partial charge in [-0.3, -0.25) is 18.9 Å². The maximum Gasteiger partial charge on any atom is 0.255 e. The molecule has 0 radical (unpaired) electrons. The van der Waals surface area contributed by atoms with Gasteiger partial charge in [0.15, 0.2) is 0 Å². The molecule has 1 atom stereocenters. The number of pyridine rings is 1. The maximum absolute atomic E-state index is 13.3. The average Bonchev–Trinajstić information content (AvgIpc) is 3.15. The molecule has 5 rings (SSSR count). The lowest BCUT2D eigenvalue weighted by Crippen LogP contribution is -2.39. The topological polar surface area (TPSA) is 43.1 Å². The third-order valence-corrected chi connectivity index (χ3v) is 6.56. The first-order valence-electron chi connectivity index (χ1n) is 9.56. The van der Waals surface area contributed by atoms with Gasteiger partial charge in [0.1, 0.15) is 5.65 Å². The molecule has 0 aromatic carbocycles. The van der Waals surface area contributed by atoms with E-state index in [2.05, 4.69) is 14.6 Å². The largest absolute Gasteiger partial charge is 0.298 e. The van der Waals surface area contributed by atoms with E-state index < -0.39 is 0 Å². The fourth-order valence-electron chi connectivity index (χ4n) is 5.01. The van der Waals surface area contributed by atoms with Gasteiger partial charge in [-0.25, -0.2) is 0 Å². The number of hydrogen-bond acceptors (Lipinski definition) is 3. The van der Waals surface area contributed by atoms with Gasteiger partial charge in [-0.1, -0.05) is 6.42 Å². The summed E-state index contributed by atoms with van der Waals surface area (Å²) in [6.45, 7) is 2.17. The second-order valence-corrected chi connectivity index (χ2v) is 7.87. The Bertz CT molecular complexity index is 845. The minimum atomic E-state index is 0.265. The van der Waals surface area contributed by atoms with E-state index in [-0.39, 0.29) is 5.56 Å². The number of rotatable bonds is 2. The molecule has 5 heteroatoms. The van der Waals surface area contributed by atoms with Crippen LogP contribution >= 0.6 is 0 Å². The zero-order valence-electron chi connectivity index (χ0n) is 14.5. The predicted molar refractivity (Wildman–Crippen MR) is 94.5 cm³/mol. The van der Waals surface area contributed by atoms with Crippen LogP contribution in [0.3, 0.4) is 0 Å². The third-order valence-electron chi connectivity index (χ3n) is 6.56. The van der Waals surface area contributed by atoms with Gasteiger partial charge in [-0.15, -0.1) is 0 Å². The first-order chi connectivity index (χ1) is 11.7. The van der Waals surface area contributed by atoms with Crippen LogP contribution in [0.25, 0.3) is 11.0 Å². The molecule has 3 heterocycles. The Morgan fingerprint density at radius 3 is 2.58 bits per heavy atom. The van der Waals surface area contributed by atoms with Crippen molar-refractivity contribution in [2.45, 2.75) is 63.5 Å². The number of likely N-dealkylation sites (tertiary alicyclic amines) is 1. The van der Waals surface area contributed by atoms with Crippen molar-refractivity contribution in [3.05, 3.63) is 27.7 Å². The Labute approximate surface area is 142 Å². The number of aryl methyl sites for hydroxylation is 2. The Balaban J connectivity index is 1.64. The van der Waals surface area contributed by atoms with Crippen LogP contribution in [0.15, 0.2) is 11.0 Å². The summed E-state index contributed by atoms with van der Waals surface area (Å²) in [5.41, 5.74) is 3.66. The second-order valence-electron chi connectivity index (χ2n) is 7.87. The predicted octanol–water partition coefficient (Wildman–Crippen LogP) is 2.41. The molecule has 24 heavy (non-hydrogen) atoms. The molecule has 1 saturated heterocycles. The Morgan fingerprint density at radius 1 is 1.04 bits per heavy atom. The molecule has 0 bridgehead atoms. The molecule has 2 aromatic rings. The SMILES string of the molecule is Cn1ncc2c3c(c(=O)n(C4CCN(C5CCC5)C4)c21)CCCC3. The van der Waals surface area contributed by atoms with E-state index >= 15 is 0 Å². The summed E-state index contributed by atoms with van der Waals surface area (Å²) >= 11 is 0. The van der Waals surface area contributed by atoms with Gasteiger partial charge < -0.3 is 0 Å². The van der Waals surface area contributed by atoms with Gasteiger partial charge in [0.25, 0.3) is 5.56 Å². The third kappa shape index (κ3) is 2.03. The van der Waals surface area contributed by atoms with Gasteiger partial charge in [-0.05, 0) is 50.5 Å². The maximum atomic E-state index is 13.3. The molecule has 3 aliphatic rings. The summed E-state index contributed by atoms with van der Waals surface area (Å²) in [4.78, 5) is 15.9. The van der Waals surface area contributed by atoms with Crippen molar-refractivity contribution < 1.29 is 0 Å². The minimum Gasteiger partial charge on any atom is -0.298 e. The lowest BCUT2D eigenvalue weighted by atomic mass is 9.91. The summed E-state index contributed by atoms with van der Waals surface area (Å²) < 4.78 is 4.02. The number of hydrogen-bond donors (Lipinski definition) is 0. The van der Waals surface area contributed by atoms with Gasteiger partial charge in [0.2, 0.25) is 0 Å². The van der Waals surface area contributed by atoms with Crippen LogP contribution in [0.2, 0.25) is 0 Å². The summed E-state index contributed by atoms with van der Waals surface area (Å²) in [5.74, 6) is 0. The summed E-state index contributed by atoms with van der Waals surface area (Å²) in [7, 11) is 1.98. The van der Waals surface area contributed by atoms with Gasteiger partial charge in [-0.2, -0.15) is 5.10 Å². The zero-order chi connectivity index (χ0) is 16.3. The fraction of sp³-hybridized carbons (Fsp3) is 0.684. The highest BCUT2D eigenvalue weighted by Gasteiger charge is 2.34. The van der Waals surface area contributed by atoms with Crippen LogP contribution in [0, 0.1) is 0 Å². The van der Waals surface area contributed by atoms with Crippen LogP contribution in [-0.4, -0.2) is 38.4 Å². The summed E-state index contributed by atoms with van der Waals surface area (Å²) in [6, 6.07) is 1.08. The lowest BCUT2D eigenvalue weighted by Gasteiger charge is -2.34. The van der Waals surface area contributed by atoms with Crippen molar-refractivity contribution in [1.82, 2.24) is 19.2 Å². The minimum absolute atomic E-state index is 0.265. The first kappa shape index (κ1) is 14.7. The molecule has 1 unspecified atom stereocenters. The average molecular weight is 326 g/mol. The molecule has 2 fully saturated rings. The molecule has 128 valence electrons. The molecule has 1 aliphatic heterocycles. The Hall–Kier alpha value is -1.62. The molecule has 2 aromatic heterocycles. The van der Waals surface area contributed by atoms with E-state index in [9.17, 15) is 4.79 Å². The van der Waals surface area contributed by atoms with Crippen molar-refractivity contribution in [3.8, 4) is 0 Å². The molecular formula is C19H26N4O. The monoisotopic (exact) mass is 326 g/mol. The number of fused-ring (bicyclic) bond motifs is 3. The Kier molecular flexibility index (Phi) is 3.34. The quantitative estimate of drug-likeness (QED) is 0.851. The normalized spacial score (nSPS) is 25.1. The van der Waals surface area contributed by atoms with Crippen molar-refractivity contribution >= 4 is 11.0 Å². The van der Waals surface area contributed by atoms with E-state index in [0.29, 0.717) is 6.04 Å². The van der Waals surface area contributed by atoms with E-state index in [1.54, 1.807) is 0 Å². The van der Waals surface area contributed by atoms with Crippen molar-refractivity contribution in [3.63, 3.8) is 0 Å². The second kappa shape index (κ2) is 5.45.